The number of allylic oxidation sites excluding steroid dienone is 4. The Morgan fingerprint density at radius 1 is 1.59 bits per heavy atom. The van der Waals surface area contributed by atoms with E-state index in [9.17, 15) is 4.79 Å². The van der Waals surface area contributed by atoms with Gasteiger partial charge >= 0.3 is 0 Å². The van der Waals surface area contributed by atoms with Crippen LogP contribution in [0, 0.1) is 5.92 Å². The number of carbonyl (C=O) groups excluding carboxylic acids is 1. The molecule has 92 valence electrons. The predicted octanol–water partition coefficient (Wildman–Crippen LogP) is 1.80. The van der Waals surface area contributed by atoms with Crippen molar-refractivity contribution in [3.63, 3.8) is 0 Å². The molecule has 1 saturated heterocycles. The number of hydrogen-bond donors (Lipinski definition) is 0. The molecule has 1 atom stereocenters. The molecule has 0 aromatic rings. The van der Waals surface area contributed by atoms with Crippen LogP contribution in [0.3, 0.4) is 0 Å². The van der Waals surface area contributed by atoms with Gasteiger partial charge in [0.25, 0.3) is 0 Å². The summed E-state index contributed by atoms with van der Waals surface area (Å²) in [5.41, 5.74) is 1.20. The number of hydrogen-bond acceptors (Lipinski definition) is 2. The van der Waals surface area contributed by atoms with Crippen molar-refractivity contribution in [2.75, 3.05) is 27.2 Å². The molecule has 1 aliphatic carbocycles. The Kier molecular flexibility index (Phi) is 3.79. The van der Waals surface area contributed by atoms with E-state index >= 15 is 0 Å². The highest BCUT2D eigenvalue weighted by molar-refractivity contribution is 5.89. The third-order valence-corrected chi connectivity index (χ3v) is 3.25. The molecule has 3 heteroatoms. The summed E-state index contributed by atoms with van der Waals surface area (Å²) >= 11 is 0. The van der Waals surface area contributed by atoms with Crippen LogP contribution in [0.4, 0.5) is 0 Å². The number of amides is 1. The van der Waals surface area contributed by atoms with Crippen molar-refractivity contribution >= 4 is 5.91 Å². The fraction of sp³-hybridized carbons (Fsp3) is 0.500. The monoisotopic (exact) mass is 232 g/mol. The van der Waals surface area contributed by atoms with Gasteiger partial charge in [-0.25, -0.2) is 0 Å². The fourth-order valence-corrected chi connectivity index (χ4v) is 2.35. The molecule has 0 spiro atoms. The normalized spacial score (nSPS) is 23.4. The molecule has 0 saturated carbocycles. The largest absolute Gasteiger partial charge is 0.312 e. The van der Waals surface area contributed by atoms with E-state index in [2.05, 4.69) is 18.2 Å². The number of carbonyl (C=O) groups is 1. The molecular formula is C14H20N2O. The van der Waals surface area contributed by atoms with Crippen LogP contribution >= 0.6 is 0 Å². The number of nitrogens with zero attached hydrogens (tertiary/aromatic N) is 2. The van der Waals surface area contributed by atoms with Crippen LogP contribution < -0.4 is 0 Å². The van der Waals surface area contributed by atoms with E-state index in [-0.39, 0.29) is 5.91 Å². The average Bonchev–Trinajstić information content (AvgIpc) is 2.72. The number of fused-ring (bicyclic) bond motifs is 1. The van der Waals surface area contributed by atoms with Crippen molar-refractivity contribution in [2.24, 2.45) is 5.92 Å². The van der Waals surface area contributed by atoms with E-state index in [1.165, 1.54) is 5.70 Å². The Bertz CT molecular complexity index is 380. The van der Waals surface area contributed by atoms with Gasteiger partial charge in [-0.2, -0.15) is 0 Å². The Labute approximate surface area is 103 Å². The van der Waals surface area contributed by atoms with Gasteiger partial charge in [0.05, 0.1) is 0 Å². The van der Waals surface area contributed by atoms with E-state index in [0.717, 1.165) is 25.9 Å². The minimum absolute atomic E-state index is 0.121. The summed E-state index contributed by atoms with van der Waals surface area (Å²) in [6, 6.07) is 0. The molecule has 3 nitrogen and oxygen atoms in total. The lowest BCUT2D eigenvalue weighted by Gasteiger charge is -2.20. The summed E-state index contributed by atoms with van der Waals surface area (Å²) in [4.78, 5) is 16.0. The summed E-state index contributed by atoms with van der Waals surface area (Å²) in [5.74, 6) is 0.682. The van der Waals surface area contributed by atoms with Crippen LogP contribution in [0.5, 0.6) is 0 Å². The molecule has 1 fully saturated rings. The van der Waals surface area contributed by atoms with Crippen LogP contribution in [0.25, 0.3) is 0 Å². The molecule has 0 radical (unpaired) electrons. The van der Waals surface area contributed by atoms with Crippen molar-refractivity contribution in [3.05, 3.63) is 36.1 Å². The van der Waals surface area contributed by atoms with Crippen LogP contribution in [-0.4, -0.2) is 42.9 Å². The maximum absolute atomic E-state index is 12.0. The zero-order valence-corrected chi connectivity index (χ0v) is 10.6. The van der Waals surface area contributed by atoms with Crippen LogP contribution in [0.2, 0.25) is 0 Å². The second-order valence-electron chi connectivity index (χ2n) is 4.90. The van der Waals surface area contributed by atoms with Gasteiger partial charge in [-0.3, -0.25) is 4.79 Å². The number of rotatable bonds is 3. The molecule has 1 heterocycles. The molecule has 1 amide bonds. The quantitative estimate of drug-likeness (QED) is 0.693. The van der Waals surface area contributed by atoms with Gasteiger partial charge in [0, 0.05) is 30.8 Å². The van der Waals surface area contributed by atoms with Crippen LogP contribution in [-0.2, 0) is 4.79 Å². The SMILES string of the molecule is CN(C)CC=CC(=O)N1CCC2CC=CC=C21. The summed E-state index contributed by atoms with van der Waals surface area (Å²) in [5, 5.41) is 0. The molecule has 0 N–H and O–H groups in total. The molecule has 1 unspecified atom stereocenters. The van der Waals surface area contributed by atoms with Gasteiger partial charge in [-0.05, 0) is 33.0 Å². The van der Waals surface area contributed by atoms with Crippen molar-refractivity contribution < 1.29 is 4.79 Å². The lowest BCUT2D eigenvalue weighted by Crippen LogP contribution is -2.26. The molecule has 2 rings (SSSR count). The van der Waals surface area contributed by atoms with Gasteiger partial charge in [0.15, 0.2) is 0 Å². The topological polar surface area (TPSA) is 23.6 Å². The summed E-state index contributed by atoms with van der Waals surface area (Å²) in [6.07, 6.45) is 12.1. The number of likely N-dealkylation sites (tertiary alicyclic amines) is 1. The van der Waals surface area contributed by atoms with E-state index in [1.807, 2.05) is 30.0 Å². The fourth-order valence-electron chi connectivity index (χ4n) is 2.35. The van der Waals surface area contributed by atoms with Gasteiger partial charge in [-0.1, -0.05) is 18.2 Å². The van der Waals surface area contributed by atoms with E-state index < -0.39 is 0 Å². The van der Waals surface area contributed by atoms with E-state index in [4.69, 9.17) is 0 Å². The minimum atomic E-state index is 0.121. The number of likely N-dealkylation sites (N-methyl/N-ethyl adjacent to an activating group) is 1. The summed E-state index contributed by atoms with van der Waals surface area (Å²) in [7, 11) is 3.99. The summed E-state index contributed by atoms with van der Waals surface area (Å²) in [6.45, 7) is 1.67. The van der Waals surface area contributed by atoms with Crippen LogP contribution in [0.15, 0.2) is 36.1 Å². The third-order valence-electron chi connectivity index (χ3n) is 3.25. The van der Waals surface area contributed by atoms with E-state index in [1.54, 1.807) is 6.08 Å². The average molecular weight is 232 g/mol. The first-order chi connectivity index (χ1) is 8.18. The van der Waals surface area contributed by atoms with Gasteiger partial charge in [-0.15, -0.1) is 0 Å². The minimum Gasteiger partial charge on any atom is -0.312 e. The van der Waals surface area contributed by atoms with Crippen molar-refractivity contribution in [1.29, 1.82) is 0 Å². The molecule has 17 heavy (non-hydrogen) atoms. The Balaban J connectivity index is 1.98. The lowest BCUT2D eigenvalue weighted by molar-refractivity contribution is -0.123. The zero-order valence-electron chi connectivity index (χ0n) is 10.6. The first kappa shape index (κ1) is 12.1. The Hall–Kier alpha value is -1.35. The lowest BCUT2D eigenvalue weighted by atomic mass is 9.97. The molecule has 0 aromatic carbocycles. The highest BCUT2D eigenvalue weighted by Gasteiger charge is 2.30. The van der Waals surface area contributed by atoms with Gasteiger partial charge in [0.2, 0.25) is 5.91 Å². The standard InChI is InChI=1S/C14H20N2O/c1-15(2)10-5-8-14(17)16-11-9-12-6-3-4-7-13(12)16/h3-5,7-8,12H,6,9-11H2,1-2H3. The highest BCUT2D eigenvalue weighted by Crippen LogP contribution is 2.33. The van der Waals surface area contributed by atoms with Crippen molar-refractivity contribution in [2.45, 2.75) is 12.8 Å². The van der Waals surface area contributed by atoms with E-state index in [0.29, 0.717) is 5.92 Å². The molecular weight excluding hydrogens is 212 g/mol. The molecule has 1 aliphatic heterocycles. The second kappa shape index (κ2) is 5.32. The van der Waals surface area contributed by atoms with Crippen molar-refractivity contribution in [1.82, 2.24) is 9.80 Å². The highest BCUT2D eigenvalue weighted by atomic mass is 16.2. The van der Waals surface area contributed by atoms with Gasteiger partial charge < -0.3 is 9.80 Å². The Morgan fingerprint density at radius 3 is 3.18 bits per heavy atom. The first-order valence-electron chi connectivity index (χ1n) is 6.18. The summed E-state index contributed by atoms with van der Waals surface area (Å²) < 4.78 is 0. The smallest absolute Gasteiger partial charge is 0.250 e. The first-order valence-corrected chi connectivity index (χ1v) is 6.18. The molecule has 0 aromatic heterocycles. The molecule has 2 aliphatic rings. The molecule has 0 bridgehead atoms. The zero-order chi connectivity index (χ0) is 12.3. The predicted molar refractivity (Wildman–Crippen MR) is 69.4 cm³/mol. The second-order valence-corrected chi connectivity index (χ2v) is 4.90. The maximum Gasteiger partial charge on any atom is 0.250 e. The maximum atomic E-state index is 12.0. The Morgan fingerprint density at radius 2 is 2.41 bits per heavy atom. The van der Waals surface area contributed by atoms with Gasteiger partial charge in [0.1, 0.15) is 0 Å². The van der Waals surface area contributed by atoms with Crippen molar-refractivity contribution in [3.8, 4) is 0 Å². The third kappa shape index (κ3) is 2.86. The van der Waals surface area contributed by atoms with Crippen LogP contribution in [0.1, 0.15) is 12.8 Å².